The van der Waals surface area contributed by atoms with Crippen LogP contribution in [0.2, 0.25) is 0 Å². The lowest BCUT2D eigenvalue weighted by atomic mass is 10.1. The number of aromatic nitrogens is 2. The molecule has 2 N–H and O–H groups in total. The van der Waals surface area contributed by atoms with Gasteiger partial charge in [0.1, 0.15) is 29.5 Å². The molecule has 11 nitrogen and oxygen atoms in total. The molecule has 2 heterocycles. The van der Waals surface area contributed by atoms with Gasteiger partial charge in [-0.1, -0.05) is 36.4 Å². The maximum absolute atomic E-state index is 13.7. The molecule has 11 heteroatoms. The number of benzene rings is 2. The van der Waals surface area contributed by atoms with Crippen molar-refractivity contribution in [1.82, 2.24) is 25.5 Å². The number of rotatable bonds is 9. The summed E-state index contributed by atoms with van der Waals surface area (Å²) in [5.74, 6) is 0.933. The molecular weight excluding hydrogens is 562 g/mol. The molecule has 2 aliphatic rings. The summed E-state index contributed by atoms with van der Waals surface area (Å²) in [5.41, 5.74) is 0.753. The van der Waals surface area contributed by atoms with Crippen LogP contribution in [0.4, 0.5) is 4.79 Å². The molecule has 1 saturated heterocycles. The van der Waals surface area contributed by atoms with Gasteiger partial charge in [-0.15, -0.1) is 6.58 Å². The highest BCUT2D eigenvalue weighted by atomic mass is 16.6. The smallest absolute Gasteiger partial charge is 0.408 e. The van der Waals surface area contributed by atoms with Gasteiger partial charge in [0.25, 0.3) is 0 Å². The summed E-state index contributed by atoms with van der Waals surface area (Å²) >= 11 is 0. The summed E-state index contributed by atoms with van der Waals surface area (Å²) in [6.45, 7) is 10.7. The molecule has 2 aromatic carbocycles. The fraction of sp³-hybridized carbons (Fsp3) is 0.424. The number of ether oxygens (including phenoxy) is 3. The number of hydrogen-bond acceptors (Lipinski definition) is 8. The summed E-state index contributed by atoms with van der Waals surface area (Å²) in [6, 6.07) is 13.3. The van der Waals surface area contributed by atoms with E-state index in [4.69, 9.17) is 24.2 Å². The molecule has 232 valence electrons. The number of amides is 3. The fourth-order valence-corrected chi connectivity index (χ4v) is 5.26. The summed E-state index contributed by atoms with van der Waals surface area (Å²) in [5, 5.41) is 6.27. The van der Waals surface area contributed by atoms with Gasteiger partial charge < -0.3 is 29.7 Å². The highest BCUT2D eigenvalue weighted by Crippen LogP contribution is 2.34. The maximum atomic E-state index is 13.7. The minimum atomic E-state index is -0.936. The first-order chi connectivity index (χ1) is 21.0. The van der Waals surface area contributed by atoms with Crippen molar-refractivity contribution in [3.63, 3.8) is 0 Å². The van der Waals surface area contributed by atoms with E-state index in [1.807, 2.05) is 48.5 Å². The van der Waals surface area contributed by atoms with Crippen LogP contribution >= 0.6 is 0 Å². The summed E-state index contributed by atoms with van der Waals surface area (Å²) in [7, 11) is 1.58. The van der Waals surface area contributed by atoms with Crippen LogP contribution in [0.25, 0.3) is 22.3 Å². The van der Waals surface area contributed by atoms with Crippen molar-refractivity contribution in [2.24, 2.45) is 5.92 Å². The molecule has 3 unspecified atom stereocenters. The second-order valence-corrected chi connectivity index (χ2v) is 12.2. The van der Waals surface area contributed by atoms with E-state index in [0.717, 1.165) is 12.0 Å². The van der Waals surface area contributed by atoms with Crippen molar-refractivity contribution in [3.8, 4) is 23.0 Å². The van der Waals surface area contributed by atoms with Crippen LogP contribution in [0, 0.1) is 5.92 Å². The Labute approximate surface area is 257 Å². The second-order valence-electron chi connectivity index (χ2n) is 12.2. The van der Waals surface area contributed by atoms with Crippen LogP contribution < -0.4 is 20.1 Å². The third-order valence-electron chi connectivity index (χ3n) is 7.60. The number of carbonyl (C=O) groups excluding carboxylic acids is 3. The molecule has 3 amide bonds. The normalized spacial score (nSPS) is 21.7. The molecule has 1 aliphatic carbocycles. The Morgan fingerprint density at radius 2 is 1.84 bits per heavy atom. The number of methoxy groups -OCH3 is 1. The van der Waals surface area contributed by atoms with Crippen LogP contribution in [-0.2, 0) is 14.3 Å². The van der Waals surface area contributed by atoms with Crippen molar-refractivity contribution in [2.75, 3.05) is 13.7 Å². The number of likely N-dealkylation sites (tertiary alicyclic amines) is 1. The largest absolute Gasteiger partial charge is 0.497 e. The Morgan fingerprint density at radius 1 is 1.09 bits per heavy atom. The molecule has 0 spiro atoms. The molecule has 0 bridgehead atoms. The summed E-state index contributed by atoms with van der Waals surface area (Å²) < 4.78 is 17.3. The molecule has 3 aromatic rings. The van der Waals surface area contributed by atoms with Gasteiger partial charge in [0.15, 0.2) is 5.82 Å². The lowest BCUT2D eigenvalue weighted by molar-refractivity contribution is -0.139. The lowest BCUT2D eigenvalue weighted by Crippen LogP contribution is -2.53. The third-order valence-corrected chi connectivity index (χ3v) is 7.60. The number of alkyl carbamates (subject to hydrolysis) is 1. The van der Waals surface area contributed by atoms with Gasteiger partial charge in [-0.2, -0.15) is 4.98 Å². The van der Waals surface area contributed by atoms with Gasteiger partial charge in [-0.3, -0.25) is 9.59 Å². The van der Waals surface area contributed by atoms with Crippen LogP contribution in [0.15, 0.2) is 61.2 Å². The summed E-state index contributed by atoms with van der Waals surface area (Å²) in [6.07, 6.45) is 1.58. The zero-order valence-corrected chi connectivity index (χ0v) is 25.7. The molecule has 1 aromatic heterocycles. The van der Waals surface area contributed by atoms with E-state index in [1.165, 1.54) is 4.90 Å². The molecule has 0 radical (unpaired) electrons. The average molecular weight is 602 g/mol. The van der Waals surface area contributed by atoms with Gasteiger partial charge in [0.05, 0.1) is 24.6 Å². The number of fused-ring (bicyclic) bond motifs is 1. The van der Waals surface area contributed by atoms with E-state index in [-0.39, 0.29) is 30.8 Å². The van der Waals surface area contributed by atoms with Crippen LogP contribution in [0.5, 0.6) is 11.6 Å². The van der Waals surface area contributed by atoms with E-state index in [9.17, 15) is 14.4 Å². The SMILES string of the molecule is C=CC1C[C@H]1NC(=O)C1C[C@@H](Oc2nc(-c3ccccc3)nc3ccc(OC)cc23)CN1C(=O)C(C)NC(=O)OC(C)(C)C. The molecule has 1 aliphatic heterocycles. The Kier molecular flexibility index (Phi) is 8.75. The molecule has 1 saturated carbocycles. The van der Waals surface area contributed by atoms with E-state index in [1.54, 1.807) is 40.9 Å². The van der Waals surface area contributed by atoms with E-state index >= 15 is 0 Å². The highest BCUT2D eigenvalue weighted by molar-refractivity contribution is 5.92. The Balaban J connectivity index is 1.42. The predicted octanol–water partition coefficient (Wildman–Crippen LogP) is 4.26. The molecule has 2 fully saturated rings. The number of carbonyl (C=O) groups is 3. The van der Waals surface area contributed by atoms with E-state index in [0.29, 0.717) is 28.4 Å². The van der Waals surface area contributed by atoms with Crippen molar-refractivity contribution in [3.05, 3.63) is 61.2 Å². The maximum Gasteiger partial charge on any atom is 0.408 e. The standard InChI is InChI=1S/C33H39N5O6/c1-7-20-15-26(20)36-29(39)27-17-23(18-38(27)31(40)19(2)34-32(41)44-33(3,4)5)43-30-24-16-22(42-6)13-14-25(24)35-28(37-30)21-11-9-8-10-12-21/h7-14,16,19-20,23,26-27H,1,15,17-18H2,2-6H3,(H,34,41)(H,36,39)/t19?,20?,23-,26-,27?/m1/s1. The lowest BCUT2D eigenvalue weighted by Gasteiger charge is -2.27. The van der Waals surface area contributed by atoms with Crippen molar-refractivity contribution in [2.45, 2.75) is 70.4 Å². The number of nitrogens with one attached hydrogen (secondary N) is 2. The monoisotopic (exact) mass is 601 g/mol. The molecular formula is C33H39N5O6. The number of hydrogen-bond donors (Lipinski definition) is 2. The van der Waals surface area contributed by atoms with Gasteiger partial charge >= 0.3 is 6.09 Å². The average Bonchev–Trinajstić information content (AvgIpc) is 3.61. The quantitative estimate of drug-likeness (QED) is 0.348. The minimum Gasteiger partial charge on any atom is -0.497 e. The Bertz CT molecular complexity index is 1560. The zero-order chi connectivity index (χ0) is 31.6. The van der Waals surface area contributed by atoms with E-state index in [2.05, 4.69) is 17.2 Å². The van der Waals surface area contributed by atoms with Gasteiger partial charge in [-0.25, -0.2) is 9.78 Å². The second kappa shape index (κ2) is 12.5. The third kappa shape index (κ3) is 7.10. The first-order valence-corrected chi connectivity index (χ1v) is 14.8. The first kappa shape index (κ1) is 30.8. The Hall–Kier alpha value is -4.67. The predicted molar refractivity (Wildman–Crippen MR) is 165 cm³/mol. The van der Waals surface area contributed by atoms with Crippen LogP contribution in [0.3, 0.4) is 0 Å². The topological polar surface area (TPSA) is 132 Å². The van der Waals surface area contributed by atoms with Gasteiger partial charge in [0.2, 0.25) is 17.7 Å². The zero-order valence-electron chi connectivity index (χ0n) is 25.7. The van der Waals surface area contributed by atoms with Gasteiger partial charge in [0, 0.05) is 18.0 Å². The van der Waals surface area contributed by atoms with Crippen LogP contribution in [0.1, 0.15) is 40.5 Å². The van der Waals surface area contributed by atoms with Crippen molar-refractivity contribution < 1.29 is 28.6 Å². The van der Waals surface area contributed by atoms with Gasteiger partial charge in [-0.05, 0) is 58.2 Å². The van der Waals surface area contributed by atoms with Crippen molar-refractivity contribution >= 4 is 28.8 Å². The fourth-order valence-electron chi connectivity index (χ4n) is 5.26. The molecule has 5 rings (SSSR count). The van der Waals surface area contributed by atoms with Crippen molar-refractivity contribution in [1.29, 1.82) is 0 Å². The Morgan fingerprint density at radius 3 is 2.50 bits per heavy atom. The first-order valence-electron chi connectivity index (χ1n) is 14.8. The highest BCUT2D eigenvalue weighted by Gasteiger charge is 2.45. The molecule has 5 atom stereocenters. The number of nitrogens with zero attached hydrogens (tertiary/aromatic N) is 3. The van der Waals surface area contributed by atoms with Crippen LogP contribution in [-0.4, -0.2) is 76.3 Å². The van der Waals surface area contributed by atoms with E-state index < -0.39 is 35.8 Å². The minimum absolute atomic E-state index is 0.0130. The summed E-state index contributed by atoms with van der Waals surface area (Å²) in [4.78, 5) is 50.5. The molecule has 44 heavy (non-hydrogen) atoms.